The van der Waals surface area contributed by atoms with Crippen molar-refractivity contribution in [2.24, 2.45) is 19.9 Å². The molecule has 0 bridgehead atoms. The first kappa shape index (κ1) is 13.3. The summed E-state index contributed by atoms with van der Waals surface area (Å²) in [4.78, 5) is 9.00. The van der Waals surface area contributed by atoms with Crippen molar-refractivity contribution in [1.29, 1.82) is 0 Å². The summed E-state index contributed by atoms with van der Waals surface area (Å²) in [5, 5.41) is 8.38. The lowest BCUT2D eigenvalue weighted by Crippen LogP contribution is -2.10. The van der Waals surface area contributed by atoms with Crippen LogP contribution in [0.15, 0.2) is 24.7 Å². The summed E-state index contributed by atoms with van der Waals surface area (Å²) in [6, 6.07) is 1.78. The first-order valence-corrected chi connectivity index (χ1v) is 6.42. The third-order valence-electron chi connectivity index (χ3n) is 3.35. The SMILES string of the molecule is Cc1c(-c2nc(NN)cc(-c3cnn(C)c3)n2)cnn1C. The second-order valence-corrected chi connectivity index (χ2v) is 4.78. The molecule has 3 N–H and O–H groups in total. The van der Waals surface area contributed by atoms with Gasteiger partial charge in [-0.2, -0.15) is 10.2 Å². The van der Waals surface area contributed by atoms with Crippen LogP contribution in [0.4, 0.5) is 5.82 Å². The summed E-state index contributed by atoms with van der Waals surface area (Å²) >= 11 is 0. The van der Waals surface area contributed by atoms with E-state index in [1.54, 1.807) is 27.8 Å². The standard InChI is InChI=1S/C13H16N8/c1-8-10(6-16-21(8)3)13-17-11(4-12(18-13)19-14)9-5-15-20(2)7-9/h4-7H,14H2,1-3H3,(H,17,18,19). The van der Waals surface area contributed by atoms with Gasteiger partial charge in [0.05, 0.1) is 23.7 Å². The van der Waals surface area contributed by atoms with Gasteiger partial charge in [-0.3, -0.25) is 9.36 Å². The van der Waals surface area contributed by atoms with E-state index in [1.807, 2.05) is 27.2 Å². The van der Waals surface area contributed by atoms with Crippen LogP contribution in [0.25, 0.3) is 22.6 Å². The summed E-state index contributed by atoms with van der Waals surface area (Å²) in [5.74, 6) is 6.63. The summed E-state index contributed by atoms with van der Waals surface area (Å²) in [6.07, 6.45) is 5.39. The van der Waals surface area contributed by atoms with Crippen LogP contribution >= 0.6 is 0 Å². The fraction of sp³-hybridized carbons (Fsp3) is 0.231. The molecule has 0 saturated heterocycles. The van der Waals surface area contributed by atoms with E-state index in [0.717, 1.165) is 22.5 Å². The molecule has 0 spiro atoms. The van der Waals surface area contributed by atoms with Crippen molar-refractivity contribution in [2.45, 2.75) is 6.92 Å². The van der Waals surface area contributed by atoms with Gasteiger partial charge in [-0.15, -0.1) is 0 Å². The zero-order valence-electron chi connectivity index (χ0n) is 12.1. The van der Waals surface area contributed by atoms with Gasteiger partial charge in [-0.1, -0.05) is 0 Å². The molecule has 8 heteroatoms. The Bertz CT molecular complexity index is 785. The minimum atomic E-state index is 0.544. The lowest BCUT2D eigenvalue weighted by molar-refractivity contribution is 0.740. The van der Waals surface area contributed by atoms with Gasteiger partial charge in [0.25, 0.3) is 0 Å². The number of nitrogens with two attached hydrogens (primary N) is 1. The maximum atomic E-state index is 5.51. The van der Waals surface area contributed by atoms with Crippen molar-refractivity contribution in [1.82, 2.24) is 29.5 Å². The minimum absolute atomic E-state index is 0.544. The van der Waals surface area contributed by atoms with E-state index < -0.39 is 0 Å². The van der Waals surface area contributed by atoms with Gasteiger partial charge in [0.1, 0.15) is 5.82 Å². The zero-order valence-corrected chi connectivity index (χ0v) is 12.1. The molecule has 3 heterocycles. The molecule has 0 unspecified atom stereocenters. The quantitative estimate of drug-likeness (QED) is 0.547. The van der Waals surface area contributed by atoms with Crippen molar-refractivity contribution >= 4 is 5.82 Å². The highest BCUT2D eigenvalue weighted by atomic mass is 15.3. The van der Waals surface area contributed by atoms with Gasteiger partial charge in [0.15, 0.2) is 5.82 Å². The highest BCUT2D eigenvalue weighted by molar-refractivity contribution is 5.67. The van der Waals surface area contributed by atoms with E-state index in [0.29, 0.717) is 11.6 Å². The molecule has 3 rings (SSSR count). The van der Waals surface area contributed by atoms with Gasteiger partial charge in [-0.05, 0) is 6.92 Å². The molecule has 0 aliphatic heterocycles. The van der Waals surface area contributed by atoms with Crippen LogP contribution in [-0.2, 0) is 14.1 Å². The van der Waals surface area contributed by atoms with E-state index in [-0.39, 0.29) is 0 Å². The fourth-order valence-electron chi connectivity index (χ4n) is 2.06. The molecule has 108 valence electrons. The van der Waals surface area contributed by atoms with Crippen LogP contribution in [0, 0.1) is 6.92 Å². The molecule has 0 saturated carbocycles. The van der Waals surface area contributed by atoms with E-state index in [4.69, 9.17) is 5.84 Å². The fourth-order valence-corrected chi connectivity index (χ4v) is 2.06. The molecule has 0 radical (unpaired) electrons. The van der Waals surface area contributed by atoms with Gasteiger partial charge >= 0.3 is 0 Å². The Kier molecular flexibility index (Phi) is 3.15. The third-order valence-corrected chi connectivity index (χ3v) is 3.35. The smallest absolute Gasteiger partial charge is 0.165 e. The minimum Gasteiger partial charge on any atom is -0.308 e. The van der Waals surface area contributed by atoms with Gasteiger partial charge in [0.2, 0.25) is 0 Å². The number of nitrogens with one attached hydrogen (secondary N) is 1. The molecule has 3 aromatic rings. The maximum Gasteiger partial charge on any atom is 0.165 e. The highest BCUT2D eigenvalue weighted by Crippen LogP contribution is 2.25. The number of hydrogen-bond donors (Lipinski definition) is 2. The van der Waals surface area contributed by atoms with Crippen molar-refractivity contribution in [3.05, 3.63) is 30.4 Å². The molecule has 0 amide bonds. The normalized spacial score (nSPS) is 10.9. The Hall–Kier alpha value is -2.74. The molecule has 0 aliphatic carbocycles. The Balaban J connectivity index is 2.15. The summed E-state index contributed by atoms with van der Waals surface area (Å²) in [7, 11) is 3.74. The number of nitrogens with zero attached hydrogens (tertiary/aromatic N) is 6. The van der Waals surface area contributed by atoms with E-state index in [2.05, 4.69) is 25.6 Å². The topological polar surface area (TPSA) is 99.5 Å². The van der Waals surface area contributed by atoms with Gasteiger partial charge in [-0.25, -0.2) is 15.8 Å². The van der Waals surface area contributed by atoms with Crippen LogP contribution in [0.3, 0.4) is 0 Å². The lowest BCUT2D eigenvalue weighted by Gasteiger charge is -2.06. The summed E-state index contributed by atoms with van der Waals surface area (Å²) < 4.78 is 3.51. The Labute approximate surface area is 121 Å². The molecule has 3 aromatic heterocycles. The zero-order chi connectivity index (χ0) is 15.0. The van der Waals surface area contributed by atoms with E-state index in [9.17, 15) is 0 Å². The highest BCUT2D eigenvalue weighted by Gasteiger charge is 2.13. The molecule has 0 fully saturated rings. The Morgan fingerprint density at radius 2 is 1.95 bits per heavy atom. The summed E-state index contributed by atoms with van der Waals surface area (Å²) in [5.41, 5.74) is 6.09. The van der Waals surface area contributed by atoms with Gasteiger partial charge < -0.3 is 5.43 Å². The van der Waals surface area contributed by atoms with Crippen molar-refractivity contribution in [3.63, 3.8) is 0 Å². The lowest BCUT2D eigenvalue weighted by atomic mass is 10.2. The molecular formula is C13H16N8. The van der Waals surface area contributed by atoms with Crippen LogP contribution in [0.1, 0.15) is 5.69 Å². The van der Waals surface area contributed by atoms with Crippen LogP contribution in [-0.4, -0.2) is 29.5 Å². The second-order valence-electron chi connectivity index (χ2n) is 4.78. The first-order valence-electron chi connectivity index (χ1n) is 6.42. The van der Waals surface area contributed by atoms with Gasteiger partial charge in [0, 0.05) is 37.6 Å². The van der Waals surface area contributed by atoms with Crippen molar-refractivity contribution in [3.8, 4) is 22.6 Å². The first-order chi connectivity index (χ1) is 10.1. The Morgan fingerprint density at radius 1 is 1.14 bits per heavy atom. The number of rotatable bonds is 3. The molecule has 0 aromatic carbocycles. The van der Waals surface area contributed by atoms with Crippen LogP contribution < -0.4 is 11.3 Å². The molecule has 0 atom stereocenters. The number of anilines is 1. The molecule has 0 aliphatic rings. The third kappa shape index (κ3) is 2.36. The number of aryl methyl sites for hydroxylation is 2. The van der Waals surface area contributed by atoms with Crippen molar-refractivity contribution in [2.75, 3.05) is 5.43 Å². The van der Waals surface area contributed by atoms with E-state index in [1.165, 1.54) is 0 Å². The molecule has 8 nitrogen and oxygen atoms in total. The largest absolute Gasteiger partial charge is 0.308 e. The maximum absolute atomic E-state index is 5.51. The predicted molar refractivity (Wildman–Crippen MR) is 79.0 cm³/mol. The average molecular weight is 284 g/mol. The predicted octanol–water partition coefficient (Wildman–Crippen LogP) is 0.872. The average Bonchev–Trinajstić information content (AvgIpc) is 3.06. The van der Waals surface area contributed by atoms with Crippen LogP contribution in [0.5, 0.6) is 0 Å². The van der Waals surface area contributed by atoms with Crippen LogP contribution in [0.2, 0.25) is 0 Å². The van der Waals surface area contributed by atoms with E-state index >= 15 is 0 Å². The monoisotopic (exact) mass is 284 g/mol. The number of hydrogen-bond acceptors (Lipinski definition) is 6. The number of hydrazine groups is 1. The number of nitrogen functional groups attached to an aromatic ring is 1. The summed E-state index contributed by atoms with van der Waals surface area (Å²) in [6.45, 7) is 1.97. The van der Waals surface area contributed by atoms with Crippen molar-refractivity contribution < 1.29 is 0 Å². The second kappa shape index (κ2) is 4.98. The molecule has 21 heavy (non-hydrogen) atoms. The Morgan fingerprint density at radius 3 is 2.52 bits per heavy atom. The molecular weight excluding hydrogens is 268 g/mol. The number of aromatic nitrogens is 6.